The predicted molar refractivity (Wildman–Crippen MR) is 115 cm³/mol. The second kappa shape index (κ2) is 9.25. The first-order chi connectivity index (χ1) is 14.0. The number of para-hydroxylation sites is 2. The summed E-state index contributed by atoms with van der Waals surface area (Å²) in [6.07, 6.45) is 3.75. The lowest BCUT2D eigenvalue weighted by atomic mass is 10.1. The van der Waals surface area contributed by atoms with E-state index in [9.17, 15) is 14.0 Å². The van der Waals surface area contributed by atoms with Crippen LogP contribution < -0.4 is 10.2 Å². The number of thiazole rings is 1. The molecule has 0 aliphatic carbocycles. The standard InChI is InChI=1S/C22H20FN3O2S/c1-3-16-8-4-6-10-19(16)25-21(28)13-12-17-14-29-22(24-17)26(15(2)27)20-11-7-5-9-18(20)23/h4-14H,3H2,1-2H3,(H,25,28)/b13-12+. The van der Waals surface area contributed by atoms with Gasteiger partial charge < -0.3 is 5.32 Å². The fraction of sp³-hybridized carbons (Fsp3) is 0.136. The van der Waals surface area contributed by atoms with Gasteiger partial charge in [-0.1, -0.05) is 37.3 Å². The summed E-state index contributed by atoms with van der Waals surface area (Å²) in [5.41, 5.74) is 2.46. The molecule has 1 N–H and O–H groups in total. The summed E-state index contributed by atoms with van der Waals surface area (Å²) in [4.78, 5) is 29.9. The molecule has 0 bridgehead atoms. The Morgan fingerprint density at radius 2 is 1.90 bits per heavy atom. The van der Waals surface area contributed by atoms with Crippen LogP contribution in [0.3, 0.4) is 0 Å². The van der Waals surface area contributed by atoms with Crippen molar-refractivity contribution in [1.82, 2.24) is 4.98 Å². The highest BCUT2D eigenvalue weighted by atomic mass is 32.1. The van der Waals surface area contributed by atoms with Crippen molar-refractivity contribution in [3.05, 3.63) is 77.1 Å². The van der Waals surface area contributed by atoms with Gasteiger partial charge in [-0.2, -0.15) is 0 Å². The first-order valence-corrected chi connectivity index (χ1v) is 9.95. The molecule has 5 nitrogen and oxygen atoms in total. The lowest BCUT2D eigenvalue weighted by molar-refractivity contribution is -0.116. The number of benzene rings is 2. The van der Waals surface area contributed by atoms with Gasteiger partial charge in [-0.25, -0.2) is 9.37 Å². The van der Waals surface area contributed by atoms with Crippen molar-refractivity contribution in [2.75, 3.05) is 10.2 Å². The van der Waals surface area contributed by atoms with Crippen LogP contribution in [-0.2, 0) is 16.0 Å². The molecule has 0 fully saturated rings. The lowest BCUT2D eigenvalue weighted by Crippen LogP contribution is -2.23. The van der Waals surface area contributed by atoms with E-state index in [0.717, 1.165) is 17.7 Å². The van der Waals surface area contributed by atoms with E-state index >= 15 is 0 Å². The summed E-state index contributed by atoms with van der Waals surface area (Å²) in [5.74, 6) is -1.14. The zero-order chi connectivity index (χ0) is 20.8. The average molecular weight is 409 g/mol. The fourth-order valence-electron chi connectivity index (χ4n) is 2.78. The fourth-order valence-corrected chi connectivity index (χ4v) is 3.63. The van der Waals surface area contributed by atoms with Crippen LogP contribution in [0.4, 0.5) is 20.9 Å². The Kier molecular flexibility index (Phi) is 6.51. The third kappa shape index (κ3) is 4.94. The number of hydrogen-bond acceptors (Lipinski definition) is 4. The van der Waals surface area contributed by atoms with Gasteiger partial charge in [0.05, 0.1) is 11.4 Å². The number of halogens is 1. The summed E-state index contributed by atoms with van der Waals surface area (Å²) in [7, 11) is 0. The maximum absolute atomic E-state index is 14.1. The highest BCUT2D eigenvalue weighted by Crippen LogP contribution is 2.31. The number of aromatic nitrogens is 1. The van der Waals surface area contributed by atoms with Crippen molar-refractivity contribution in [3.8, 4) is 0 Å². The minimum Gasteiger partial charge on any atom is -0.322 e. The number of nitrogens with one attached hydrogen (secondary N) is 1. The quantitative estimate of drug-likeness (QED) is 0.571. The Bertz CT molecular complexity index is 1060. The molecule has 1 heterocycles. The van der Waals surface area contributed by atoms with Crippen LogP contribution >= 0.6 is 11.3 Å². The second-order valence-corrected chi connectivity index (χ2v) is 7.03. The Morgan fingerprint density at radius 3 is 2.62 bits per heavy atom. The Hall–Kier alpha value is -3.32. The number of carbonyl (C=O) groups excluding carboxylic acids is 2. The topological polar surface area (TPSA) is 62.3 Å². The van der Waals surface area contributed by atoms with Gasteiger partial charge in [-0.3, -0.25) is 14.5 Å². The van der Waals surface area contributed by atoms with Gasteiger partial charge in [-0.05, 0) is 36.3 Å². The van der Waals surface area contributed by atoms with E-state index in [1.54, 1.807) is 23.6 Å². The van der Waals surface area contributed by atoms with Crippen LogP contribution in [0, 0.1) is 5.82 Å². The van der Waals surface area contributed by atoms with Crippen molar-refractivity contribution in [3.63, 3.8) is 0 Å². The predicted octanol–water partition coefficient (Wildman–Crippen LogP) is 5.18. The van der Waals surface area contributed by atoms with Gasteiger partial charge in [0.15, 0.2) is 5.13 Å². The highest BCUT2D eigenvalue weighted by molar-refractivity contribution is 7.14. The summed E-state index contributed by atoms with van der Waals surface area (Å²) in [6.45, 7) is 3.37. The molecule has 2 aromatic carbocycles. The molecule has 0 saturated carbocycles. The van der Waals surface area contributed by atoms with E-state index in [0.29, 0.717) is 10.8 Å². The molecule has 0 aliphatic rings. The van der Waals surface area contributed by atoms with Gasteiger partial charge >= 0.3 is 0 Å². The van der Waals surface area contributed by atoms with Gasteiger partial charge in [0.1, 0.15) is 5.82 Å². The van der Waals surface area contributed by atoms with Gasteiger partial charge in [0.25, 0.3) is 0 Å². The molecule has 0 radical (unpaired) electrons. The maximum atomic E-state index is 14.1. The average Bonchev–Trinajstić information content (AvgIpc) is 3.17. The Labute approximate surface area is 172 Å². The monoisotopic (exact) mass is 409 g/mol. The molecular formula is C22H20FN3O2S. The van der Waals surface area contributed by atoms with Crippen molar-refractivity contribution < 1.29 is 14.0 Å². The van der Waals surface area contributed by atoms with Gasteiger partial charge in [0, 0.05) is 24.1 Å². The number of anilines is 3. The number of rotatable bonds is 6. The summed E-state index contributed by atoms with van der Waals surface area (Å²) < 4.78 is 14.1. The lowest BCUT2D eigenvalue weighted by Gasteiger charge is -2.18. The largest absolute Gasteiger partial charge is 0.322 e. The minimum atomic E-state index is -0.510. The van der Waals surface area contributed by atoms with Gasteiger partial charge in [0.2, 0.25) is 11.8 Å². The maximum Gasteiger partial charge on any atom is 0.248 e. The number of hydrogen-bond donors (Lipinski definition) is 1. The van der Waals surface area contributed by atoms with Crippen molar-refractivity contribution in [2.24, 2.45) is 0 Å². The first-order valence-electron chi connectivity index (χ1n) is 9.07. The minimum absolute atomic E-state index is 0.138. The zero-order valence-corrected chi connectivity index (χ0v) is 16.9. The number of nitrogens with zero attached hydrogens (tertiary/aromatic N) is 2. The summed E-state index contributed by atoms with van der Waals surface area (Å²) in [6, 6.07) is 13.6. The van der Waals surface area contributed by atoms with E-state index in [2.05, 4.69) is 10.3 Å². The second-order valence-electron chi connectivity index (χ2n) is 6.19. The number of amides is 2. The van der Waals surface area contributed by atoms with E-state index < -0.39 is 5.82 Å². The van der Waals surface area contributed by atoms with Crippen molar-refractivity contribution in [2.45, 2.75) is 20.3 Å². The van der Waals surface area contributed by atoms with Crippen LogP contribution in [0.25, 0.3) is 6.08 Å². The van der Waals surface area contributed by atoms with Crippen LogP contribution in [-0.4, -0.2) is 16.8 Å². The Morgan fingerprint density at radius 1 is 1.17 bits per heavy atom. The summed E-state index contributed by atoms with van der Waals surface area (Å²) in [5, 5.41) is 4.89. The molecule has 148 valence electrons. The molecule has 0 unspecified atom stereocenters. The van der Waals surface area contributed by atoms with E-state index in [4.69, 9.17) is 0 Å². The first kappa shape index (κ1) is 20.4. The van der Waals surface area contributed by atoms with E-state index in [1.165, 1.54) is 41.4 Å². The molecule has 0 aliphatic heterocycles. The molecule has 1 aromatic heterocycles. The molecule has 3 rings (SSSR count). The van der Waals surface area contributed by atoms with Crippen molar-refractivity contribution >= 4 is 45.7 Å². The van der Waals surface area contributed by atoms with Crippen LogP contribution in [0.1, 0.15) is 25.1 Å². The molecule has 2 amide bonds. The molecule has 7 heteroatoms. The zero-order valence-electron chi connectivity index (χ0n) is 16.1. The smallest absolute Gasteiger partial charge is 0.248 e. The number of carbonyl (C=O) groups is 2. The SMILES string of the molecule is CCc1ccccc1NC(=O)/C=C/c1csc(N(C(C)=O)c2ccccc2F)n1. The Balaban J connectivity index is 1.76. The molecule has 0 spiro atoms. The number of aryl methyl sites for hydroxylation is 1. The van der Waals surface area contributed by atoms with Crippen molar-refractivity contribution in [1.29, 1.82) is 0 Å². The molecule has 3 aromatic rings. The highest BCUT2D eigenvalue weighted by Gasteiger charge is 2.20. The third-order valence-electron chi connectivity index (χ3n) is 4.17. The molecule has 0 saturated heterocycles. The van der Waals surface area contributed by atoms with Crippen LogP contribution in [0.5, 0.6) is 0 Å². The van der Waals surface area contributed by atoms with E-state index in [1.807, 2.05) is 31.2 Å². The van der Waals surface area contributed by atoms with Crippen LogP contribution in [0.15, 0.2) is 60.0 Å². The normalized spacial score (nSPS) is 10.9. The van der Waals surface area contributed by atoms with Crippen LogP contribution in [0.2, 0.25) is 0 Å². The molecule has 0 atom stereocenters. The van der Waals surface area contributed by atoms with E-state index in [-0.39, 0.29) is 17.5 Å². The summed E-state index contributed by atoms with van der Waals surface area (Å²) >= 11 is 1.20. The van der Waals surface area contributed by atoms with Gasteiger partial charge in [-0.15, -0.1) is 11.3 Å². The third-order valence-corrected chi connectivity index (χ3v) is 5.01. The molecule has 29 heavy (non-hydrogen) atoms. The molecular weight excluding hydrogens is 389 g/mol.